The molecule has 3 nitrogen and oxygen atoms in total. The number of aryl methyl sites for hydroxylation is 1. The van der Waals surface area contributed by atoms with E-state index in [4.69, 9.17) is 10.7 Å². The van der Waals surface area contributed by atoms with E-state index in [1.807, 2.05) is 42.5 Å². The Morgan fingerprint density at radius 2 is 1.60 bits per heavy atom. The predicted octanol–water partition coefficient (Wildman–Crippen LogP) is 3.83. The Morgan fingerprint density at radius 3 is 2.45 bits per heavy atom. The van der Waals surface area contributed by atoms with Crippen molar-refractivity contribution in [2.45, 2.75) is 6.92 Å². The van der Waals surface area contributed by atoms with Crippen LogP contribution in [0.4, 0.5) is 5.69 Å². The number of hydrogen-bond donors (Lipinski definition) is 1. The molecule has 0 aliphatic heterocycles. The normalized spacial score (nSPS) is 11.4. The molecule has 0 fully saturated rings. The first-order valence-electron chi connectivity index (χ1n) is 6.58. The molecule has 0 bridgehead atoms. The number of anilines is 1. The summed E-state index contributed by atoms with van der Waals surface area (Å²) in [4.78, 5) is 9.48. The molecule has 0 unspecified atom stereocenters. The number of benzene rings is 3. The highest BCUT2D eigenvalue weighted by molar-refractivity contribution is 6.10. The van der Waals surface area contributed by atoms with Crippen LogP contribution in [0.5, 0.6) is 0 Å². The molecule has 0 saturated heterocycles. The largest absolute Gasteiger partial charge is 0.398 e. The van der Waals surface area contributed by atoms with E-state index < -0.39 is 0 Å². The lowest BCUT2D eigenvalue weighted by Gasteiger charge is -2.07. The van der Waals surface area contributed by atoms with Gasteiger partial charge in [0.1, 0.15) is 0 Å². The Morgan fingerprint density at radius 1 is 0.800 bits per heavy atom. The molecule has 4 aromatic rings. The highest BCUT2D eigenvalue weighted by Gasteiger charge is 2.08. The highest BCUT2D eigenvalue weighted by atomic mass is 14.8. The summed E-state index contributed by atoms with van der Waals surface area (Å²) in [5.74, 6) is 0. The van der Waals surface area contributed by atoms with Gasteiger partial charge in [0.15, 0.2) is 0 Å². The van der Waals surface area contributed by atoms with Gasteiger partial charge in [-0.2, -0.15) is 0 Å². The van der Waals surface area contributed by atoms with Gasteiger partial charge >= 0.3 is 0 Å². The lowest BCUT2D eigenvalue weighted by Crippen LogP contribution is -1.93. The summed E-state index contributed by atoms with van der Waals surface area (Å²) in [6.07, 6.45) is 0. The van der Waals surface area contributed by atoms with E-state index in [0.717, 1.165) is 38.5 Å². The standard InChI is InChI=1S/C17H13N3/c1-10-6-7-14-15(8-10)20-17-12-5-3-2-4-11(12)13(18)9-16(17)19-14/h2-9H,18H2,1H3. The van der Waals surface area contributed by atoms with Crippen LogP contribution in [0.3, 0.4) is 0 Å². The minimum absolute atomic E-state index is 0.744. The van der Waals surface area contributed by atoms with E-state index in [1.54, 1.807) is 0 Å². The maximum Gasteiger partial charge on any atom is 0.0974 e. The average molecular weight is 259 g/mol. The number of nitrogens with two attached hydrogens (primary N) is 1. The Bertz CT molecular complexity index is 974. The van der Waals surface area contributed by atoms with E-state index in [-0.39, 0.29) is 0 Å². The zero-order chi connectivity index (χ0) is 13.7. The molecule has 96 valence electrons. The molecule has 1 aromatic heterocycles. The van der Waals surface area contributed by atoms with E-state index >= 15 is 0 Å². The molecule has 0 saturated carbocycles. The minimum atomic E-state index is 0.744. The maximum atomic E-state index is 6.12. The quantitative estimate of drug-likeness (QED) is 0.296. The van der Waals surface area contributed by atoms with Crippen LogP contribution >= 0.6 is 0 Å². The van der Waals surface area contributed by atoms with Crippen LogP contribution in [0, 0.1) is 6.92 Å². The molecular weight excluding hydrogens is 246 g/mol. The zero-order valence-electron chi connectivity index (χ0n) is 11.1. The highest BCUT2D eigenvalue weighted by Crippen LogP contribution is 2.29. The summed E-state index contributed by atoms with van der Waals surface area (Å²) in [6, 6.07) is 16.1. The van der Waals surface area contributed by atoms with Gasteiger partial charge in [0.2, 0.25) is 0 Å². The number of hydrogen-bond acceptors (Lipinski definition) is 3. The molecule has 1 heterocycles. The summed E-state index contributed by atoms with van der Waals surface area (Å²) in [5.41, 5.74) is 11.6. The van der Waals surface area contributed by atoms with Gasteiger partial charge in [0.25, 0.3) is 0 Å². The van der Waals surface area contributed by atoms with Crippen molar-refractivity contribution in [3.05, 3.63) is 54.1 Å². The monoisotopic (exact) mass is 259 g/mol. The fourth-order valence-corrected chi connectivity index (χ4v) is 2.64. The molecule has 0 atom stereocenters. The fraction of sp³-hybridized carbons (Fsp3) is 0.0588. The van der Waals surface area contributed by atoms with Crippen molar-refractivity contribution in [3.8, 4) is 0 Å². The van der Waals surface area contributed by atoms with Crippen molar-refractivity contribution < 1.29 is 0 Å². The topological polar surface area (TPSA) is 51.8 Å². The van der Waals surface area contributed by atoms with Crippen LogP contribution in [0.25, 0.3) is 32.8 Å². The van der Waals surface area contributed by atoms with Crippen molar-refractivity contribution in [2.24, 2.45) is 0 Å². The van der Waals surface area contributed by atoms with Crippen LogP contribution in [0.15, 0.2) is 48.5 Å². The van der Waals surface area contributed by atoms with Gasteiger partial charge in [-0.15, -0.1) is 0 Å². The van der Waals surface area contributed by atoms with Crippen LogP contribution in [-0.2, 0) is 0 Å². The molecule has 0 spiro atoms. The second kappa shape index (κ2) is 3.90. The SMILES string of the molecule is Cc1ccc2nc3cc(N)c4ccccc4c3nc2c1. The lowest BCUT2D eigenvalue weighted by atomic mass is 10.1. The number of aromatic nitrogens is 2. The van der Waals surface area contributed by atoms with Crippen molar-refractivity contribution in [2.75, 3.05) is 5.73 Å². The van der Waals surface area contributed by atoms with Gasteiger partial charge in [-0.1, -0.05) is 30.3 Å². The van der Waals surface area contributed by atoms with Crippen molar-refractivity contribution in [1.29, 1.82) is 0 Å². The average Bonchev–Trinajstić information content (AvgIpc) is 2.46. The van der Waals surface area contributed by atoms with Gasteiger partial charge < -0.3 is 5.73 Å². The maximum absolute atomic E-state index is 6.12. The number of fused-ring (bicyclic) bond motifs is 4. The van der Waals surface area contributed by atoms with Gasteiger partial charge in [-0.25, -0.2) is 9.97 Å². The van der Waals surface area contributed by atoms with Gasteiger partial charge in [-0.05, 0) is 30.7 Å². The number of nitrogen functional groups attached to an aromatic ring is 1. The first-order valence-corrected chi connectivity index (χ1v) is 6.58. The first-order chi connectivity index (χ1) is 9.72. The predicted molar refractivity (Wildman–Crippen MR) is 83.7 cm³/mol. The number of nitrogens with zero attached hydrogens (tertiary/aromatic N) is 2. The Balaban J connectivity index is 2.25. The molecule has 0 aliphatic carbocycles. The molecule has 2 N–H and O–H groups in total. The van der Waals surface area contributed by atoms with Gasteiger partial charge in [-0.3, -0.25) is 0 Å². The lowest BCUT2D eigenvalue weighted by molar-refractivity contribution is 1.38. The van der Waals surface area contributed by atoms with E-state index in [2.05, 4.69) is 18.0 Å². The summed E-state index contributed by atoms with van der Waals surface area (Å²) in [5, 5.41) is 2.08. The minimum Gasteiger partial charge on any atom is -0.398 e. The Hall–Kier alpha value is -2.68. The molecule has 0 amide bonds. The number of rotatable bonds is 0. The summed E-state index contributed by atoms with van der Waals surface area (Å²) in [6.45, 7) is 2.06. The third kappa shape index (κ3) is 1.53. The second-order valence-electron chi connectivity index (χ2n) is 5.09. The van der Waals surface area contributed by atoms with Crippen molar-refractivity contribution >= 4 is 38.5 Å². The second-order valence-corrected chi connectivity index (χ2v) is 5.09. The van der Waals surface area contributed by atoms with Crippen molar-refractivity contribution in [3.63, 3.8) is 0 Å². The van der Waals surface area contributed by atoms with Crippen LogP contribution in [-0.4, -0.2) is 9.97 Å². The van der Waals surface area contributed by atoms with E-state index in [9.17, 15) is 0 Å². The van der Waals surface area contributed by atoms with Gasteiger partial charge in [0, 0.05) is 16.5 Å². The summed E-state index contributed by atoms with van der Waals surface area (Å²) in [7, 11) is 0. The Kier molecular flexibility index (Phi) is 2.18. The third-order valence-corrected chi connectivity index (χ3v) is 3.63. The first kappa shape index (κ1) is 11.2. The molecule has 20 heavy (non-hydrogen) atoms. The molecule has 3 heteroatoms. The van der Waals surface area contributed by atoms with Gasteiger partial charge in [0.05, 0.1) is 22.1 Å². The molecular formula is C17H13N3. The van der Waals surface area contributed by atoms with E-state index in [0.29, 0.717) is 0 Å². The molecule has 0 aliphatic rings. The zero-order valence-corrected chi connectivity index (χ0v) is 11.1. The molecule has 4 rings (SSSR count). The van der Waals surface area contributed by atoms with Crippen LogP contribution in [0.2, 0.25) is 0 Å². The smallest absolute Gasteiger partial charge is 0.0974 e. The van der Waals surface area contributed by atoms with Crippen molar-refractivity contribution in [1.82, 2.24) is 9.97 Å². The molecule has 0 radical (unpaired) electrons. The van der Waals surface area contributed by atoms with Crippen LogP contribution < -0.4 is 5.73 Å². The Labute approximate surface area is 116 Å². The third-order valence-electron chi connectivity index (χ3n) is 3.63. The summed E-state index contributed by atoms with van der Waals surface area (Å²) < 4.78 is 0. The van der Waals surface area contributed by atoms with E-state index in [1.165, 1.54) is 5.56 Å². The summed E-state index contributed by atoms with van der Waals surface area (Å²) >= 11 is 0. The molecule has 3 aromatic carbocycles. The fourth-order valence-electron chi connectivity index (χ4n) is 2.64. The van der Waals surface area contributed by atoms with Crippen LogP contribution in [0.1, 0.15) is 5.56 Å².